The van der Waals surface area contributed by atoms with E-state index in [-0.39, 0.29) is 41.4 Å². The zero-order valence-electron chi connectivity index (χ0n) is 16.1. The van der Waals surface area contributed by atoms with Crippen molar-refractivity contribution in [3.05, 3.63) is 55.9 Å². The van der Waals surface area contributed by atoms with Crippen molar-refractivity contribution < 1.29 is 28.8 Å². The fourth-order valence-corrected chi connectivity index (χ4v) is 3.62. The van der Waals surface area contributed by atoms with Crippen LogP contribution in [0.3, 0.4) is 0 Å². The highest BCUT2D eigenvalue weighted by atomic mass is 32.1. The molecule has 2 aromatic rings. The van der Waals surface area contributed by atoms with E-state index in [1.165, 1.54) is 24.3 Å². The summed E-state index contributed by atoms with van der Waals surface area (Å²) in [5.74, 6) is -1.60. The number of nitro benzene ring substituents is 1. The van der Waals surface area contributed by atoms with E-state index >= 15 is 0 Å². The van der Waals surface area contributed by atoms with Gasteiger partial charge in [0.05, 0.1) is 30.2 Å². The van der Waals surface area contributed by atoms with Gasteiger partial charge in [-0.25, -0.2) is 9.59 Å². The molecule has 10 heteroatoms. The molecule has 1 N–H and O–H groups in total. The second-order valence-corrected chi connectivity index (χ2v) is 6.81. The number of nitrogens with zero attached hydrogens (tertiary/aromatic N) is 1. The van der Waals surface area contributed by atoms with Gasteiger partial charge in [-0.05, 0) is 26.3 Å². The Morgan fingerprint density at radius 2 is 1.79 bits per heavy atom. The first-order valence-electron chi connectivity index (χ1n) is 8.79. The molecule has 0 unspecified atom stereocenters. The van der Waals surface area contributed by atoms with Crippen LogP contribution in [0.15, 0.2) is 24.3 Å². The third-order valence-electron chi connectivity index (χ3n) is 3.88. The summed E-state index contributed by atoms with van der Waals surface area (Å²) < 4.78 is 10.1. The van der Waals surface area contributed by atoms with E-state index in [9.17, 15) is 24.5 Å². The summed E-state index contributed by atoms with van der Waals surface area (Å²) in [6.07, 6.45) is 0. The number of ketones is 1. The van der Waals surface area contributed by atoms with Gasteiger partial charge < -0.3 is 14.8 Å². The molecule has 1 heterocycles. The first-order valence-corrected chi connectivity index (χ1v) is 9.60. The summed E-state index contributed by atoms with van der Waals surface area (Å²) >= 11 is 0.987. The highest BCUT2D eigenvalue weighted by Gasteiger charge is 2.26. The van der Waals surface area contributed by atoms with Gasteiger partial charge in [0.15, 0.2) is 5.78 Å². The van der Waals surface area contributed by atoms with Crippen LogP contribution in [0.1, 0.15) is 49.8 Å². The van der Waals surface area contributed by atoms with E-state index in [1.54, 1.807) is 20.8 Å². The predicted octanol–water partition coefficient (Wildman–Crippen LogP) is 3.61. The molecule has 9 nitrogen and oxygen atoms in total. The van der Waals surface area contributed by atoms with Crippen molar-refractivity contribution in [2.45, 2.75) is 20.8 Å². The zero-order chi connectivity index (χ0) is 21.6. The third-order valence-corrected chi connectivity index (χ3v) is 5.11. The van der Waals surface area contributed by atoms with Gasteiger partial charge in [-0.1, -0.05) is 12.1 Å². The minimum atomic E-state index is -0.623. The number of hydrogen-bond acceptors (Lipinski definition) is 9. The number of thiophene rings is 1. The van der Waals surface area contributed by atoms with Gasteiger partial charge in [-0.3, -0.25) is 14.9 Å². The average Bonchev–Trinajstić information content (AvgIpc) is 3.03. The summed E-state index contributed by atoms with van der Waals surface area (Å²) in [6.45, 7) is 5.03. The van der Waals surface area contributed by atoms with Crippen molar-refractivity contribution in [1.82, 2.24) is 0 Å². The molecular weight excluding hydrogens is 400 g/mol. The molecule has 0 aliphatic carbocycles. The maximum Gasteiger partial charge on any atom is 0.348 e. The molecule has 1 aromatic heterocycles. The van der Waals surface area contributed by atoms with Crippen molar-refractivity contribution in [1.29, 1.82) is 0 Å². The summed E-state index contributed by atoms with van der Waals surface area (Å²) in [7, 11) is 0. The molecule has 0 amide bonds. The zero-order valence-corrected chi connectivity index (χ0v) is 17.0. The molecule has 0 atom stereocenters. The van der Waals surface area contributed by atoms with E-state index in [0.29, 0.717) is 10.6 Å². The molecule has 0 fully saturated rings. The smallest absolute Gasteiger partial charge is 0.348 e. The van der Waals surface area contributed by atoms with E-state index in [2.05, 4.69) is 5.32 Å². The van der Waals surface area contributed by atoms with Gasteiger partial charge in [0.2, 0.25) is 0 Å². The Labute approximate surface area is 170 Å². The van der Waals surface area contributed by atoms with Crippen LogP contribution in [0.5, 0.6) is 0 Å². The number of Topliss-reactive ketones (excluding diaryl/α,β-unsaturated/α-hetero) is 1. The van der Waals surface area contributed by atoms with Gasteiger partial charge in [-0.15, -0.1) is 11.3 Å². The maximum atomic E-state index is 12.4. The van der Waals surface area contributed by atoms with E-state index < -0.39 is 22.6 Å². The van der Waals surface area contributed by atoms with Gasteiger partial charge in [0.1, 0.15) is 9.88 Å². The van der Waals surface area contributed by atoms with Gasteiger partial charge in [0, 0.05) is 17.7 Å². The van der Waals surface area contributed by atoms with Crippen LogP contribution in [0, 0.1) is 17.0 Å². The standard InChI is InChI=1S/C19H20N2O7S/c1-4-27-18(23)15-11(3)16(19(24)28-5-2)29-17(15)20-10-14(22)12-7-6-8-13(9-12)21(25)26/h6-9,20H,4-5,10H2,1-3H3. The fraction of sp³-hybridized carbons (Fsp3) is 0.316. The van der Waals surface area contributed by atoms with E-state index in [4.69, 9.17) is 9.47 Å². The number of anilines is 1. The van der Waals surface area contributed by atoms with Crippen LogP contribution in [0.2, 0.25) is 0 Å². The van der Waals surface area contributed by atoms with Crippen LogP contribution < -0.4 is 5.32 Å². The summed E-state index contributed by atoms with van der Waals surface area (Å²) in [5.41, 5.74) is 0.520. The topological polar surface area (TPSA) is 125 Å². The molecule has 0 radical (unpaired) electrons. The van der Waals surface area contributed by atoms with Crippen molar-refractivity contribution >= 4 is 39.7 Å². The summed E-state index contributed by atoms with van der Waals surface area (Å²) in [4.78, 5) is 47.5. The Hall–Kier alpha value is -3.27. The summed E-state index contributed by atoms with van der Waals surface area (Å²) in [5, 5.41) is 14.0. The van der Waals surface area contributed by atoms with Gasteiger partial charge >= 0.3 is 11.9 Å². The molecular formula is C19H20N2O7S. The predicted molar refractivity (Wildman–Crippen MR) is 107 cm³/mol. The van der Waals surface area contributed by atoms with E-state index in [1.807, 2.05) is 0 Å². The van der Waals surface area contributed by atoms with Crippen molar-refractivity contribution in [2.75, 3.05) is 25.1 Å². The first-order chi connectivity index (χ1) is 13.8. The number of non-ortho nitro benzene ring substituents is 1. The number of esters is 2. The number of carbonyl (C=O) groups excluding carboxylic acids is 3. The number of nitro groups is 1. The molecule has 0 spiro atoms. The second-order valence-electron chi connectivity index (χ2n) is 5.79. The highest BCUT2D eigenvalue weighted by Crippen LogP contribution is 2.34. The molecule has 0 bridgehead atoms. The Morgan fingerprint density at radius 3 is 2.41 bits per heavy atom. The van der Waals surface area contributed by atoms with E-state index in [0.717, 1.165) is 11.3 Å². The molecule has 2 rings (SSSR count). The third kappa shape index (κ3) is 5.17. The lowest BCUT2D eigenvalue weighted by molar-refractivity contribution is -0.384. The minimum absolute atomic E-state index is 0.148. The number of ether oxygens (including phenoxy) is 2. The maximum absolute atomic E-state index is 12.4. The molecule has 1 aromatic carbocycles. The molecule has 0 aliphatic heterocycles. The molecule has 0 saturated heterocycles. The Balaban J connectivity index is 2.28. The lowest BCUT2D eigenvalue weighted by Crippen LogP contribution is -2.16. The number of carbonyl (C=O) groups is 3. The molecule has 154 valence electrons. The first kappa shape index (κ1) is 22.0. The number of nitrogens with one attached hydrogen (secondary N) is 1. The normalized spacial score (nSPS) is 10.3. The molecule has 0 aliphatic rings. The van der Waals surface area contributed by atoms with Gasteiger partial charge in [-0.2, -0.15) is 0 Å². The van der Waals surface area contributed by atoms with Crippen molar-refractivity contribution in [3.63, 3.8) is 0 Å². The fourth-order valence-electron chi connectivity index (χ4n) is 2.53. The Morgan fingerprint density at radius 1 is 1.14 bits per heavy atom. The average molecular weight is 420 g/mol. The van der Waals surface area contributed by atoms with Crippen molar-refractivity contribution in [3.8, 4) is 0 Å². The molecule has 29 heavy (non-hydrogen) atoms. The highest BCUT2D eigenvalue weighted by molar-refractivity contribution is 7.18. The van der Waals surface area contributed by atoms with Crippen LogP contribution >= 0.6 is 11.3 Å². The lowest BCUT2D eigenvalue weighted by Gasteiger charge is -2.07. The van der Waals surface area contributed by atoms with Crippen LogP contribution in [-0.4, -0.2) is 42.4 Å². The van der Waals surface area contributed by atoms with Crippen molar-refractivity contribution in [2.24, 2.45) is 0 Å². The Kier molecular flexibility index (Phi) is 7.43. The van der Waals surface area contributed by atoms with Crippen LogP contribution in [-0.2, 0) is 9.47 Å². The second kappa shape index (κ2) is 9.78. The van der Waals surface area contributed by atoms with Gasteiger partial charge in [0.25, 0.3) is 5.69 Å². The lowest BCUT2D eigenvalue weighted by atomic mass is 10.1. The largest absolute Gasteiger partial charge is 0.462 e. The monoisotopic (exact) mass is 420 g/mol. The molecule has 0 saturated carbocycles. The number of rotatable bonds is 9. The van der Waals surface area contributed by atoms with Crippen LogP contribution in [0.25, 0.3) is 0 Å². The number of benzene rings is 1. The Bertz CT molecular complexity index is 952. The summed E-state index contributed by atoms with van der Waals surface area (Å²) in [6, 6.07) is 5.36. The number of hydrogen-bond donors (Lipinski definition) is 1. The minimum Gasteiger partial charge on any atom is -0.462 e. The SMILES string of the molecule is CCOC(=O)c1sc(NCC(=O)c2cccc([N+](=O)[O-])c2)c(C(=O)OCC)c1C. The quantitative estimate of drug-likeness (QED) is 0.282. The van der Waals surface area contributed by atoms with Crippen LogP contribution in [0.4, 0.5) is 10.7 Å².